The molecule has 0 aliphatic carbocycles. The summed E-state index contributed by atoms with van der Waals surface area (Å²) in [5.41, 5.74) is 1.10. The Labute approximate surface area is 149 Å². The predicted molar refractivity (Wildman–Crippen MR) is 96.0 cm³/mol. The zero-order valence-electron chi connectivity index (χ0n) is 13.4. The van der Waals surface area contributed by atoms with E-state index in [-0.39, 0.29) is 11.9 Å². The van der Waals surface area contributed by atoms with Crippen molar-refractivity contribution in [3.05, 3.63) is 45.6 Å². The molecule has 0 saturated carbocycles. The molecule has 0 amide bonds. The van der Waals surface area contributed by atoms with Crippen LogP contribution in [0.1, 0.15) is 42.1 Å². The Balaban J connectivity index is 1.83. The van der Waals surface area contributed by atoms with E-state index in [2.05, 4.69) is 21.0 Å². The van der Waals surface area contributed by atoms with E-state index in [1.54, 1.807) is 4.52 Å². The van der Waals surface area contributed by atoms with Gasteiger partial charge in [0.15, 0.2) is 5.82 Å². The maximum atomic E-state index is 10.8. The number of nitrogens with zero attached hydrogens (tertiary/aromatic N) is 4. The number of rotatable bonds is 4. The minimum atomic E-state index is -0.00947. The van der Waals surface area contributed by atoms with Gasteiger partial charge in [0.25, 0.3) is 0 Å². The summed E-state index contributed by atoms with van der Waals surface area (Å²) < 4.78 is 1.56. The SMILES string of the molecule is CCc1nc2sc([C@@H](c3cccc(Cl)c3)N3CCCC3)c(O)n2n1. The van der Waals surface area contributed by atoms with Crippen LogP contribution < -0.4 is 0 Å². The van der Waals surface area contributed by atoms with Crippen molar-refractivity contribution in [1.82, 2.24) is 19.5 Å². The average Bonchev–Trinajstić information content (AvgIpc) is 3.28. The molecule has 4 rings (SSSR count). The van der Waals surface area contributed by atoms with Gasteiger partial charge in [-0.2, -0.15) is 4.52 Å². The summed E-state index contributed by atoms with van der Waals surface area (Å²) in [6.07, 6.45) is 3.12. The lowest BCUT2D eigenvalue weighted by Crippen LogP contribution is -2.26. The van der Waals surface area contributed by atoms with Crippen LogP contribution in [0.4, 0.5) is 0 Å². The number of aromatic hydroxyl groups is 1. The number of halogens is 1. The average molecular weight is 363 g/mol. The summed E-state index contributed by atoms with van der Waals surface area (Å²) >= 11 is 7.72. The summed E-state index contributed by atoms with van der Waals surface area (Å²) in [5.74, 6) is 0.947. The molecule has 0 radical (unpaired) electrons. The first kappa shape index (κ1) is 15.9. The highest BCUT2D eigenvalue weighted by atomic mass is 35.5. The molecule has 1 N–H and O–H groups in total. The van der Waals surface area contributed by atoms with Crippen LogP contribution in [-0.4, -0.2) is 37.7 Å². The zero-order valence-corrected chi connectivity index (χ0v) is 15.0. The van der Waals surface area contributed by atoms with Gasteiger partial charge in [0, 0.05) is 11.4 Å². The Morgan fingerprint density at radius 1 is 1.33 bits per heavy atom. The zero-order chi connectivity index (χ0) is 16.7. The Morgan fingerprint density at radius 2 is 2.12 bits per heavy atom. The number of hydrogen-bond acceptors (Lipinski definition) is 5. The maximum Gasteiger partial charge on any atom is 0.230 e. The number of thiazole rings is 1. The van der Waals surface area contributed by atoms with E-state index >= 15 is 0 Å². The predicted octanol–water partition coefficient (Wildman–Crippen LogP) is 3.90. The number of aryl methyl sites for hydroxylation is 1. The molecule has 0 unspecified atom stereocenters. The van der Waals surface area contributed by atoms with Gasteiger partial charge in [-0.25, -0.2) is 4.98 Å². The first-order valence-corrected chi connectivity index (χ1v) is 9.43. The molecule has 24 heavy (non-hydrogen) atoms. The normalized spacial score (nSPS) is 16.9. The van der Waals surface area contributed by atoms with Crippen molar-refractivity contribution < 1.29 is 5.11 Å². The van der Waals surface area contributed by atoms with Crippen LogP contribution >= 0.6 is 22.9 Å². The van der Waals surface area contributed by atoms with E-state index in [1.165, 1.54) is 24.2 Å². The number of fused-ring (bicyclic) bond motifs is 1. The molecule has 7 heteroatoms. The van der Waals surface area contributed by atoms with Crippen LogP contribution in [0.15, 0.2) is 24.3 Å². The lowest BCUT2D eigenvalue weighted by molar-refractivity contribution is 0.277. The third kappa shape index (κ3) is 2.68. The second kappa shape index (κ2) is 6.35. The summed E-state index contributed by atoms with van der Waals surface area (Å²) in [6, 6.07) is 7.88. The van der Waals surface area contributed by atoms with Crippen molar-refractivity contribution >= 4 is 27.9 Å². The molecule has 1 fully saturated rings. The fraction of sp³-hybridized carbons (Fsp3) is 0.412. The quantitative estimate of drug-likeness (QED) is 0.764. The number of hydrogen-bond donors (Lipinski definition) is 1. The van der Waals surface area contributed by atoms with E-state index < -0.39 is 0 Å². The first-order valence-electron chi connectivity index (χ1n) is 8.24. The van der Waals surface area contributed by atoms with Crippen LogP contribution in [0.3, 0.4) is 0 Å². The summed E-state index contributed by atoms with van der Waals surface area (Å²) in [5, 5.41) is 15.9. The molecule has 1 aromatic carbocycles. The van der Waals surface area contributed by atoms with Crippen molar-refractivity contribution in [2.24, 2.45) is 0 Å². The topological polar surface area (TPSA) is 53.7 Å². The van der Waals surface area contributed by atoms with Gasteiger partial charge in [-0.05, 0) is 43.6 Å². The maximum absolute atomic E-state index is 10.8. The van der Waals surface area contributed by atoms with E-state index in [0.29, 0.717) is 5.02 Å². The molecule has 0 spiro atoms. The van der Waals surface area contributed by atoms with Crippen molar-refractivity contribution in [2.75, 3.05) is 13.1 Å². The lowest BCUT2D eigenvalue weighted by atomic mass is 10.0. The molecular formula is C17H19ClN4OS. The van der Waals surface area contributed by atoms with Crippen LogP contribution in [-0.2, 0) is 6.42 Å². The van der Waals surface area contributed by atoms with Gasteiger partial charge in [0.2, 0.25) is 10.8 Å². The van der Waals surface area contributed by atoms with Crippen molar-refractivity contribution in [1.29, 1.82) is 0 Å². The molecule has 1 aliphatic heterocycles. The molecule has 1 atom stereocenters. The first-order chi connectivity index (χ1) is 11.7. The summed E-state index contributed by atoms with van der Waals surface area (Å²) in [7, 11) is 0. The molecule has 3 aromatic rings. The summed E-state index contributed by atoms with van der Waals surface area (Å²) in [6.45, 7) is 4.05. The van der Waals surface area contributed by atoms with Gasteiger partial charge >= 0.3 is 0 Å². The molecule has 5 nitrogen and oxygen atoms in total. The molecule has 1 saturated heterocycles. The number of aromatic nitrogens is 3. The fourth-order valence-electron chi connectivity index (χ4n) is 3.32. The standard InChI is InChI=1S/C17H19ClN4OS/c1-2-13-19-17-22(20-13)16(23)15(24-17)14(21-8-3-4-9-21)11-6-5-7-12(18)10-11/h5-7,10,14,23H,2-4,8-9H2,1H3/t14-/m1/s1. The second-order valence-corrected chi connectivity index (χ2v) is 7.51. The highest BCUT2D eigenvalue weighted by molar-refractivity contribution is 7.17. The van der Waals surface area contributed by atoms with Gasteiger partial charge in [0.1, 0.15) is 0 Å². The Bertz CT molecular complexity index is 869. The van der Waals surface area contributed by atoms with Crippen LogP contribution in [0.5, 0.6) is 5.88 Å². The monoisotopic (exact) mass is 362 g/mol. The molecule has 1 aliphatic rings. The molecule has 0 bridgehead atoms. The van der Waals surface area contributed by atoms with Crippen LogP contribution in [0, 0.1) is 0 Å². The Kier molecular flexibility index (Phi) is 4.20. The molecule has 126 valence electrons. The minimum absolute atomic E-state index is 0.00947. The van der Waals surface area contributed by atoms with E-state index in [9.17, 15) is 5.11 Å². The summed E-state index contributed by atoms with van der Waals surface area (Å²) in [4.78, 5) is 8.53. The lowest BCUT2D eigenvalue weighted by Gasteiger charge is -2.27. The highest BCUT2D eigenvalue weighted by Gasteiger charge is 2.31. The van der Waals surface area contributed by atoms with E-state index in [0.717, 1.165) is 40.7 Å². The van der Waals surface area contributed by atoms with Gasteiger partial charge in [-0.1, -0.05) is 42.0 Å². The van der Waals surface area contributed by atoms with E-state index in [4.69, 9.17) is 11.6 Å². The van der Waals surface area contributed by atoms with Crippen molar-refractivity contribution in [3.8, 4) is 5.88 Å². The third-order valence-electron chi connectivity index (χ3n) is 4.48. The van der Waals surface area contributed by atoms with Gasteiger partial charge in [0.05, 0.1) is 10.9 Å². The van der Waals surface area contributed by atoms with Gasteiger partial charge in [-0.15, -0.1) is 5.10 Å². The van der Waals surface area contributed by atoms with Crippen molar-refractivity contribution in [2.45, 2.75) is 32.2 Å². The van der Waals surface area contributed by atoms with Crippen LogP contribution in [0.2, 0.25) is 5.02 Å². The number of benzene rings is 1. The highest BCUT2D eigenvalue weighted by Crippen LogP contribution is 2.41. The van der Waals surface area contributed by atoms with Gasteiger partial charge < -0.3 is 5.11 Å². The molecule has 2 aromatic heterocycles. The number of likely N-dealkylation sites (tertiary alicyclic amines) is 1. The molecular weight excluding hydrogens is 344 g/mol. The minimum Gasteiger partial charge on any atom is -0.492 e. The third-order valence-corrected chi connectivity index (χ3v) is 5.79. The Morgan fingerprint density at radius 3 is 2.79 bits per heavy atom. The van der Waals surface area contributed by atoms with Crippen molar-refractivity contribution in [3.63, 3.8) is 0 Å². The Hall–Kier alpha value is -1.63. The van der Waals surface area contributed by atoms with E-state index in [1.807, 2.05) is 25.1 Å². The molecule has 3 heterocycles. The fourth-order valence-corrected chi connectivity index (χ4v) is 4.66. The largest absolute Gasteiger partial charge is 0.492 e. The van der Waals surface area contributed by atoms with Gasteiger partial charge in [-0.3, -0.25) is 4.90 Å². The smallest absolute Gasteiger partial charge is 0.230 e. The second-order valence-electron chi connectivity index (χ2n) is 6.07. The van der Waals surface area contributed by atoms with Crippen LogP contribution in [0.25, 0.3) is 4.96 Å².